The number of likely N-dealkylation sites (tertiary alicyclic amines) is 1. The zero-order chi connectivity index (χ0) is 22.5. The quantitative estimate of drug-likeness (QED) is 0.591. The topological polar surface area (TPSA) is 74.3 Å². The summed E-state index contributed by atoms with van der Waals surface area (Å²) in [5.41, 5.74) is 2.25. The minimum atomic E-state index is -0.302. The van der Waals surface area contributed by atoms with Crippen molar-refractivity contribution in [3.63, 3.8) is 0 Å². The number of hydrogen-bond acceptors (Lipinski definition) is 5. The lowest BCUT2D eigenvalue weighted by atomic mass is 10.0. The second kappa shape index (κ2) is 10.0. The fourth-order valence-corrected chi connectivity index (χ4v) is 4.71. The van der Waals surface area contributed by atoms with Crippen LogP contribution in [-0.4, -0.2) is 47.4 Å². The third-order valence-electron chi connectivity index (χ3n) is 5.44. The highest BCUT2D eigenvalue weighted by atomic mass is 32.1. The molecule has 0 radical (unpaired) electrons. The highest BCUT2D eigenvalue weighted by Gasteiger charge is 2.24. The van der Waals surface area contributed by atoms with Crippen molar-refractivity contribution < 1.29 is 14.0 Å². The standard InChI is InChI=1S/C24H25FN4O2S/c1-16-22(32-24(26-16)17-7-9-18(25)10-8-17)23(31)28-20-11-13-29(14-12-20)15-21(30)27-19-5-3-2-4-6-19/h2-10,20H,11-15H2,1H3,(H,27,30)(H,28,31). The maximum atomic E-state index is 13.2. The molecule has 1 aliphatic rings. The Morgan fingerprint density at radius 1 is 1.09 bits per heavy atom. The van der Waals surface area contributed by atoms with Crippen molar-refractivity contribution in [2.45, 2.75) is 25.8 Å². The van der Waals surface area contributed by atoms with Gasteiger partial charge in [-0.1, -0.05) is 18.2 Å². The number of hydrogen-bond donors (Lipinski definition) is 2. The molecule has 0 saturated carbocycles. The molecule has 1 aromatic heterocycles. The highest BCUT2D eigenvalue weighted by molar-refractivity contribution is 7.17. The minimum Gasteiger partial charge on any atom is -0.348 e. The molecule has 0 bridgehead atoms. The van der Waals surface area contributed by atoms with Gasteiger partial charge in [0.2, 0.25) is 5.91 Å². The summed E-state index contributed by atoms with van der Waals surface area (Å²) < 4.78 is 13.2. The molecular weight excluding hydrogens is 427 g/mol. The number of rotatable bonds is 6. The van der Waals surface area contributed by atoms with Crippen LogP contribution in [0.15, 0.2) is 54.6 Å². The number of benzene rings is 2. The van der Waals surface area contributed by atoms with E-state index in [1.54, 1.807) is 12.1 Å². The molecule has 1 aliphatic heterocycles. The van der Waals surface area contributed by atoms with Crippen LogP contribution in [0.25, 0.3) is 10.6 Å². The largest absolute Gasteiger partial charge is 0.348 e. The molecule has 0 aliphatic carbocycles. The summed E-state index contributed by atoms with van der Waals surface area (Å²) in [6, 6.07) is 15.6. The molecule has 2 N–H and O–H groups in total. The number of nitrogens with zero attached hydrogens (tertiary/aromatic N) is 2. The first-order valence-corrected chi connectivity index (χ1v) is 11.4. The second-order valence-corrected chi connectivity index (χ2v) is 8.88. The average molecular weight is 453 g/mol. The number of piperidine rings is 1. The average Bonchev–Trinajstić information content (AvgIpc) is 3.18. The summed E-state index contributed by atoms with van der Waals surface area (Å²) in [6.07, 6.45) is 1.57. The third-order valence-corrected chi connectivity index (χ3v) is 6.65. The lowest BCUT2D eigenvalue weighted by Crippen LogP contribution is -2.46. The molecular formula is C24H25FN4O2S. The first-order chi connectivity index (χ1) is 15.5. The van der Waals surface area contributed by atoms with Crippen molar-refractivity contribution in [2.24, 2.45) is 0 Å². The zero-order valence-electron chi connectivity index (χ0n) is 17.8. The number of para-hydroxylation sites is 1. The molecule has 2 aromatic carbocycles. The van der Waals surface area contributed by atoms with Crippen LogP contribution in [0.3, 0.4) is 0 Å². The molecule has 166 valence electrons. The van der Waals surface area contributed by atoms with Gasteiger partial charge in [-0.3, -0.25) is 14.5 Å². The smallest absolute Gasteiger partial charge is 0.263 e. The molecule has 0 atom stereocenters. The number of aryl methyl sites for hydroxylation is 1. The van der Waals surface area contributed by atoms with E-state index in [-0.39, 0.29) is 23.7 Å². The molecule has 6 nitrogen and oxygen atoms in total. The summed E-state index contributed by atoms with van der Waals surface area (Å²) in [5.74, 6) is -0.468. The van der Waals surface area contributed by atoms with E-state index in [0.29, 0.717) is 22.1 Å². The number of carbonyl (C=O) groups excluding carboxylic acids is 2. The Kier molecular flexibility index (Phi) is 6.92. The fourth-order valence-electron chi connectivity index (χ4n) is 3.73. The molecule has 8 heteroatoms. The summed E-state index contributed by atoms with van der Waals surface area (Å²) in [7, 11) is 0. The van der Waals surface area contributed by atoms with Gasteiger partial charge in [-0.05, 0) is 56.2 Å². The van der Waals surface area contributed by atoms with Crippen molar-refractivity contribution in [3.8, 4) is 10.6 Å². The van der Waals surface area contributed by atoms with Crippen molar-refractivity contribution >= 4 is 28.8 Å². The van der Waals surface area contributed by atoms with Gasteiger partial charge >= 0.3 is 0 Å². The van der Waals surface area contributed by atoms with E-state index < -0.39 is 0 Å². The molecule has 1 saturated heterocycles. The van der Waals surface area contributed by atoms with Crippen LogP contribution in [0, 0.1) is 12.7 Å². The number of carbonyl (C=O) groups is 2. The predicted octanol–water partition coefficient (Wildman–Crippen LogP) is 4.09. The summed E-state index contributed by atoms with van der Waals surface area (Å²) >= 11 is 1.32. The Bertz CT molecular complexity index is 1080. The molecule has 32 heavy (non-hydrogen) atoms. The van der Waals surface area contributed by atoms with Gasteiger partial charge in [-0.25, -0.2) is 9.37 Å². The SMILES string of the molecule is Cc1nc(-c2ccc(F)cc2)sc1C(=O)NC1CCN(CC(=O)Nc2ccccc2)CC1. The number of thiazole rings is 1. The van der Waals surface area contributed by atoms with E-state index >= 15 is 0 Å². The lowest BCUT2D eigenvalue weighted by Gasteiger charge is -2.31. The van der Waals surface area contributed by atoms with Crippen molar-refractivity contribution in [2.75, 3.05) is 25.0 Å². The van der Waals surface area contributed by atoms with Gasteiger partial charge in [0.25, 0.3) is 5.91 Å². The van der Waals surface area contributed by atoms with Gasteiger partial charge < -0.3 is 10.6 Å². The van der Waals surface area contributed by atoms with Gasteiger partial charge in [0.1, 0.15) is 15.7 Å². The van der Waals surface area contributed by atoms with Crippen LogP contribution < -0.4 is 10.6 Å². The Morgan fingerprint density at radius 3 is 2.47 bits per heavy atom. The molecule has 0 spiro atoms. The highest BCUT2D eigenvalue weighted by Crippen LogP contribution is 2.28. The Balaban J connectivity index is 1.27. The second-order valence-electron chi connectivity index (χ2n) is 7.88. The molecule has 2 heterocycles. The van der Waals surface area contributed by atoms with Crippen molar-refractivity contribution in [3.05, 3.63) is 71.0 Å². The van der Waals surface area contributed by atoms with E-state index in [1.165, 1.54) is 23.5 Å². The fraction of sp³-hybridized carbons (Fsp3) is 0.292. The maximum absolute atomic E-state index is 13.2. The molecule has 4 rings (SSSR count). The Morgan fingerprint density at radius 2 is 1.78 bits per heavy atom. The van der Waals surface area contributed by atoms with Crippen LogP contribution in [0.2, 0.25) is 0 Å². The lowest BCUT2D eigenvalue weighted by molar-refractivity contribution is -0.117. The predicted molar refractivity (Wildman–Crippen MR) is 124 cm³/mol. The van der Waals surface area contributed by atoms with Gasteiger partial charge in [0.05, 0.1) is 12.2 Å². The van der Waals surface area contributed by atoms with Gasteiger partial charge in [0, 0.05) is 30.4 Å². The van der Waals surface area contributed by atoms with E-state index in [4.69, 9.17) is 0 Å². The van der Waals surface area contributed by atoms with Crippen LogP contribution in [-0.2, 0) is 4.79 Å². The molecule has 2 amide bonds. The number of anilines is 1. The summed E-state index contributed by atoms with van der Waals surface area (Å²) in [4.78, 5) is 32.2. The number of aromatic nitrogens is 1. The minimum absolute atomic E-state index is 0.0349. The third kappa shape index (κ3) is 5.57. The van der Waals surface area contributed by atoms with Crippen molar-refractivity contribution in [1.29, 1.82) is 0 Å². The van der Waals surface area contributed by atoms with Crippen LogP contribution in [0.5, 0.6) is 0 Å². The van der Waals surface area contributed by atoms with E-state index in [0.717, 1.165) is 37.2 Å². The molecule has 3 aromatic rings. The maximum Gasteiger partial charge on any atom is 0.263 e. The number of amides is 2. The van der Waals surface area contributed by atoms with E-state index in [9.17, 15) is 14.0 Å². The number of nitrogens with one attached hydrogen (secondary N) is 2. The first-order valence-electron chi connectivity index (χ1n) is 10.6. The van der Waals surface area contributed by atoms with Crippen LogP contribution in [0.4, 0.5) is 10.1 Å². The first kappa shape index (κ1) is 22.1. The van der Waals surface area contributed by atoms with Gasteiger partial charge in [0.15, 0.2) is 0 Å². The Labute approximate surface area is 190 Å². The summed E-state index contributed by atoms with van der Waals surface area (Å²) in [5, 5.41) is 6.71. The van der Waals surface area contributed by atoms with Crippen LogP contribution in [0.1, 0.15) is 28.2 Å². The monoisotopic (exact) mass is 452 g/mol. The van der Waals surface area contributed by atoms with E-state index in [2.05, 4.69) is 20.5 Å². The number of halogens is 1. The molecule has 1 fully saturated rings. The van der Waals surface area contributed by atoms with Crippen molar-refractivity contribution in [1.82, 2.24) is 15.2 Å². The van der Waals surface area contributed by atoms with Gasteiger partial charge in [-0.2, -0.15) is 0 Å². The zero-order valence-corrected chi connectivity index (χ0v) is 18.6. The molecule has 0 unspecified atom stereocenters. The van der Waals surface area contributed by atoms with Crippen LogP contribution >= 0.6 is 11.3 Å². The Hall–Kier alpha value is -3.10. The summed E-state index contributed by atoms with van der Waals surface area (Å²) in [6.45, 7) is 3.64. The normalized spacial score (nSPS) is 14.8. The van der Waals surface area contributed by atoms with E-state index in [1.807, 2.05) is 37.3 Å². The van der Waals surface area contributed by atoms with Gasteiger partial charge in [-0.15, -0.1) is 11.3 Å².